The Labute approximate surface area is 247 Å². The van der Waals surface area contributed by atoms with E-state index in [-0.39, 0.29) is 83.0 Å². The lowest BCUT2D eigenvalue weighted by Gasteiger charge is -2.02. The van der Waals surface area contributed by atoms with Gasteiger partial charge in [-0.3, -0.25) is 29.0 Å². The maximum absolute atomic E-state index is 11.8. The van der Waals surface area contributed by atoms with Crippen LogP contribution in [0.4, 0.5) is 0 Å². The molecule has 2 aliphatic rings. The fourth-order valence-electron chi connectivity index (χ4n) is 3.36. The molecule has 0 atom stereocenters. The van der Waals surface area contributed by atoms with Crippen molar-refractivity contribution in [3.63, 3.8) is 0 Å². The van der Waals surface area contributed by atoms with Gasteiger partial charge in [0.1, 0.15) is 0 Å². The van der Waals surface area contributed by atoms with Crippen LogP contribution in [-0.4, -0.2) is 47.5 Å². The summed E-state index contributed by atoms with van der Waals surface area (Å²) in [5, 5.41) is 1.97. The Bertz CT molecular complexity index is 1100. The summed E-state index contributed by atoms with van der Waals surface area (Å²) in [6.07, 6.45) is 0. The van der Waals surface area contributed by atoms with E-state index in [4.69, 9.17) is 0 Å². The molecule has 0 saturated heterocycles. The summed E-state index contributed by atoms with van der Waals surface area (Å²) in [5.41, 5.74) is 2.02. The summed E-state index contributed by atoms with van der Waals surface area (Å²) in [7, 11) is 3.00. The molecule has 6 nitrogen and oxygen atoms in total. The lowest BCUT2D eigenvalue weighted by molar-refractivity contribution is 0.0678. The van der Waals surface area contributed by atoms with Gasteiger partial charge in [-0.25, -0.2) is 0 Å². The largest absolute Gasteiger partial charge is 0.277 e. The van der Waals surface area contributed by atoms with Crippen LogP contribution in [-0.2, 0) is 0 Å². The van der Waals surface area contributed by atoms with E-state index in [1.54, 1.807) is 36.4 Å². The number of hydrogen-bond donors (Lipinski definition) is 0. The average Bonchev–Trinajstić information content (AvgIpc) is 3.20. The molecule has 40 heavy (non-hydrogen) atoms. The molecule has 0 aliphatic carbocycles. The molecule has 6 heteroatoms. The number of hydrogen-bond acceptors (Lipinski definition) is 4. The summed E-state index contributed by atoms with van der Waals surface area (Å²) in [4.78, 5) is 48.4. The van der Waals surface area contributed by atoms with Crippen molar-refractivity contribution in [2.75, 3.05) is 14.1 Å². The second kappa shape index (κ2) is 23.1. The molecule has 0 aromatic heterocycles. The first-order valence-corrected chi connectivity index (χ1v) is 10.7. The number of nitrogens with zero attached hydrogens (tertiary/aromatic N) is 2. The Balaban J connectivity index is -0.0000000836. The van der Waals surface area contributed by atoms with Crippen molar-refractivity contribution in [2.24, 2.45) is 0 Å². The normalized spacial score (nSPS) is 10.8. The highest BCUT2D eigenvalue weighted by Gasteiger charge is 2.33. The lowest BCUT2D eigenvalue weighted by atomic mass is 10.0. The van der Waals surface area contributed by atoms with E-state index in [2.05, 4.69) is 0 Å². The highest BCUT2D eigenvalue weighted by molar-refractivity contribution is 6.23. The zero-order valence-corrected chi connectivity index (χ0v) is 19.3. The fraction of sp³-hybridized carbons (Fsp3) is 0.412. The van der Waals surface area contributed by atoms with E-state index >= 15 is 0 Å². The number of carbonyl (C=O) groups excluding carboxylic acids is 4. The smallest absolute Gasteiger partial charge is 0.261 e. The Morgan fingerprint density at radius 1 is 0.400 bits per heavy atom. The molecule has 0 spiro atoms. The topological polar surface area (TPSA) is 74.8 Å². The maximum atomic E-state index is 11.8. The molecule has 0 fully saturated rings. The first-order chi connectivity index (χ1) is 15.4. The van der Waals surface area contributed by atoms with E-state index in [1.165, 1.54) is 14.1 Å². The molecule has 5 rings (SSSR count). The SMILES string of the molecule is C.C.C.C.C.C.C.C.CC.CC.CN1C(=O)c2cc3ccccc3cc2C1=O.CN1C(=O)c2ccccc2C1=O. The lowest BCUT2D eigenvalue weighted by Crippen LogP contribution is -2.24. The van der Waals surface area contributed by atoms with E-state index < -0.39 is 0 Å². The standard InChI is InChI=1S/C13H9NO2.C9H7NO2.2C2H6.8CH4/c1-14-12(15)10-6-8-4-2-3-5-9(8)7-11(10)13(14)16;1-10-8(11)6-4-2-3-5-7(6)9(10)12;2*1-2;;;;;;;;/h2-7H,1H3;2-5H,1H3;2*1-2H3;8*1H4. The van der Waals surface area contributed by atoms with Gasteiger partial charge in [0.15, 0.2) is 0 Å². The van der Waals surface area contributed by atoms with Gasteiger partial charge in [0.2, 0.25) is 0 Å². The van der Waals surface area contributed by atoms with Crippen molar-refractivity contribution in [2.45, 2.75) is 87.1 Å². The van der Waals surface area contributed by atoms with Gasteiger partial charge in [0, 0.05) is 14.1 Å². The second-order valence-electron chi connectivity index (χ2n) is 6.63. The van der Waals surface area contributed by atoms with E-state index in [9.17, 15) is 19.2 Å². The average molecular weight is 561 g/mol. The first kappa shape index (κ1) is 52.6. The van der Waals surface area contributed by atoms with Crippen LogP contribution < -0.4 is 0 Å². The third-order valence-electron chi connectivity index (χ3n) is 4.95. The minimum absolute atomic E-state index is 0. The van der Waals surface area contributed by atoms with E-state index in [0.717, 1.165) is 20.6 Å². The molecule has 4 amide bonds. The Hall–Kier alpha value is -3.80. The summed E-state index contributed by atoms with van der Waals surface area (Å²) in [6.45, 7) is 8.00. The second-order valence-corrected chi connectivity index (χ2v) is 6.63. The molecule has 3 aromatic rings. The van der Waals surface area contributed by atoms with Gasteiger partial charge in [-0.1, -0.05) is 124 Å². The molecule has 3 aromatic carbocycles. The third kappa shape index (κ3) is 9.74. The highest BCUT2D eigenvalue weighted by Crippen LogP contribution is 2.26. The molecule has 0 N–H and O–H groups in total. The maximum Gasteiger partial charge on any atom is 0.261 e. The van der Waals surface area contributed by atoms with Gasteiger partial charge >= 0.3 is 0 Å². The van der Waals surface area contributed by atoms with Crippen LogP contribution in [0.2, 0.25) is 0 Å². The van der Waals surface area contributed by atoms with Gasteiger partial charge in [0.25, 0.3) is 23.6 Å². The summed E-state index contributed by atoms with van der Waals surface area (Å²) >= 11 is 0. The van der Waals surface area contributed by atoms with Crippen LogP contribution in [0.3, 0.4) is 0 Å². The minimum atomic E-state index is -0.217. The Morgan fingerprint density at radius 2 is 0.625 bits per heavy atom. The first-order valence-electron chi connectivity index (χ1n) is 10.7. The molecule has 0 saturated carbocycles. The van der Waals surface area contributed by atoms with Gasteiger partial charge in [-0.15, -0.1) is 0 Å². The molecule has 2 aliphatic heterocycles. The van der Waals surface area contributed by atoms with Gasteiger partial charge in [-0.2, -0.15) is 0 Å². The van der Waals surface area contributed by atoms with Crippen molar-refractivity contribution in [3.8, 4) is 0 Å². The minimum Gasteiger partial charge on any atom is -0.277 e. The van der Waals surface area contributed by atoms with E-state index in [1.807, 2.05) is 52.0 Å². The summed E-state index contributed by atoms with van der Waals surface area (Å²) in [5.74, 6) is -0.859. The van der Waals surface area contributed by atoms with Crippen LogP contribution in [0.25, 0.3) is 10.8 Å². The summed E-state index contributed by atoms with van der Waals surface area (Å²) < 4.78 is 0. The Kier molecular flexibility index (Phi) is 30.4. The van der Waals surface area contributed by atoms with Gasteiger partial charge < -0.3 is 0 Å². The predicted molar refractivity (Wildman–Crippen MR) is 180 cm³/mol. The van der Waals surface area contributed by atoms with Crippen LogP contribution in [0.5, 0.6) is 0 Å². The highest BCUT2D eigenvalue weighted by atomic mass is 16.2. The molecule has 230 valence electrons. The number of benzene rings is 3. The van der Waals surface area contributed by atoms with Crippen LogP contribution in [0.1, 0.15) is 129 Å². The number of amides is 4. The third-order valence-corrected chi connectivity index (χ3v) is 4.95. The van der Waals surface area contributed by atoms with Crippen molar-refractivity contribution in [1.82, 2.24) is 9.80 Å². The van der Waals surface area contributed by atoms with Gasteiger partial charge in [0.05, 0.1) is 22.3 Å². The number of carbonyl (C=O) groups is 4. The molecule has 0 radical (unpaired) electrons. The molecular weight excluding hydrogens is 500 g/mol. The zero-order valence-electron chi connectivity index (χ0n) is 19.3. The monoisotopic (exact) mass is 560 g/mol. The fourth-order valence-corrected chi connectivity index (χ4v) is 3.36. The summed E-state index contributed by atoms with van der Waals surface area (Å²) in [6, 6.07) is 18.1. The van der Waals surface area contributed by atoms with Crippen LogP contribution in [0.15, 0.2) is 60.7 Å². The van der Waals surface area contributed by atoms with Crippen molar-refractivity contribution in [3.05, 3.63) is 82.9 Å². The zero-order chi connectivity index (χ0) is 24.0. The van der Waals surface area contributed by atoms with E-state index in [0.29, 0.717) is 22.3 Å². The Morgan fingerprint density at radius 3 is 0.900 bits per heavy atom. The number of fused-ring (bicyclic) bond motifs is 3. The van der Waals surface area contributed by atoms with Crippen molar-refractivity contribution < 1.29 is 19.2 Å². The number of rotatable bonds is 0. The number of imide groups is 2. The molecule has 0 bridgehead atoms. The van der Waals surface area contributed by atoms with Crippen LogP contribution >= 0.6 is 0 Å². The van der Waals surface area contributed by atoms with Crippen LogP contribution in [0, 0.1) is 0 Å². The quantitative estimate of drug-likeness (QED) is 0.256. The molecular formula is C34H60N2O4. The molecule has 0 unspecified atom stereocenters. The molecule has 2 heterocycles. The van der Waals surface area contributed by atoms with Crippen molar-refractivity contribution in [1.29, 1.82) is 0 Å². The predicted octanol–water partition coefficient (Wildman–Crippen LogP) is 10.1. The van der Waals surface area contributed by atoms with Crippen molar-refractivity contribution >= 4 is 34.4 Å². The van der Waals surface area contributed by atoms with Gasteiger partial charge in [-0.05, 0) is 35.0 Å².